The van der Waals surface area contributed by atoms with E-state index in [2.05, 4.69) is 22.4 Å². The van der Waals surface area contributed by atoms with Crippen molar-refractivity contribution in [1.82, 2.24) is 15.5 Å². The summed E-state index contributed by atoms with van der Waals surface area (Å²) in [4.78, 5) is 4.42. The molecule has 1 aromatic heterocycles. The molecule has 0 amide bonds. The van der Waals surface area contributed by atoms with Gasteiger partial charge in [-0.2, -0.15) is 4.98 Å². The van der Waals surface area contributed by atoms with Crippen LogP contribution in [0.4, 0.5) is 0 Å². The van der Waals surface area contributed by atoms with Crippen molar-refractivity contribution >= 4 is 0 Å². The van der Waals surface area contributed by atoms with E-state index in [1.165, 1.54) is 0 Å². The first-order chi connectivity index (χ1) is 10.7. The molecule has 0 bridgehead atoms. The molecule has 1 aromatic carbocycles. The van der Waals surface area contributed by atoms with Gasteiger partial charge in [-0.05, 0) is 38.1 Å². The van der Waals surface area contributed by atoms with Crippen molar-refractivity contribution in [2.75, 3.05) is 21.3 Å². The smallest absolute Gasteiger partial charge is 0.226 e. The highest BCUT2D eigenvalue weighted by Gasteiger charge is 2.10. The fourth-order valence-electron chi connectivity index (χ4n) is 2.14. The quantitative estimate of drug-likeness (QED) is 0.804. The summed E-state index contributed by atoms with van der Waals surface area (Å²) in [6, 6.07) is 6.22. The molecule has 0 fully saturated rings. The molecule has 6 nitrogen and oxygen atoms in total. The second-order valence-corrected chi connectivity index (χ2v) is 5.19. The fraction of sp³-hybridized carbons (Fsp3) is 0.500. The number of aromatic nitrogens is 2. The number of nitrogens with zero attached hydrogens (tertiary/aromatic N) is 2. The highest BCUT2D eigenvalue weighted by molar-refractivity contribution is 5.42. The molecule has 1 atom stereocenters. The van der Waals surface area contributed by atoms with Gasteiger partial charge in [0.25, 0.3) is 0 Å². The van der Waals surface area contributed by atoms with Crippen LogP contribution in [0.2, 0.25) is 0 Å². The minimum atomic E-state index is 0.330. The van der Waals surface area contributed by atoms with Gasteiger partial charge in [-0.3, -0.25) is 0 Å². The Morgan fingerprint density at radius 3 is 2.64 bits per heavy atom. The lowest BCUT2D eigenvalue weighted by Gasteiger charge is -2.08. The Balaban J connectivity index is 1.95. The number of rotatable bonds is 8. The molecule has 2 rings (SSSR count). The van der Waals surface area contributed by atoms with Crippen LogP contribution in [-0.4, -0.2) is 37.4 Å². The van der Waals surface area contributed by atoms with Crippen LogP contribution in [0.25, 0.3) is 0 Å². The average Bonchev–Trinajstić information content (AvgIpc) is 2.99. The molecular weight excluding hydrogens is 282 g/mol. The SMILES string of the molecule is CNC(C)Cc1noc(CCc2ccc(OC)c(OC)c2)n1. The van der Waals surface area contributed by atoms with E-state index >= 15 is 0 Å². The second-order valence-electron chi connectivity index (χ2n) is 5.19. The Morgan fingerprint density at radius 2 is 1.95 bits per heavy atom. The van der Waals surface area contributed by atoms with Gasteiger partial charge in [-0.15, -0.1) is 0 Å². The number of hydrogen-bond acceptors (Lipinski definition) is 6. The molecule has 0 spiro atoms. The van der Waals surface area contributed by atoms with Gasteiger partial charge >= 0.3 is 0 Å². The molecule has 0 aliphatic carbocycles. The summed E-state index contributed by atoms with van der Waals surface area (Å²) in [7, 11) is 5.18. The Labute approximate surface area is 130 Å². The zero-order valence-corrected chi connectivity index (χ0v) is 13.5. The molecule has 120 valence electrons. The lowest BCUT2D eigenvalue weighted by Crippen LogP contribution is -2.24. The van der Waals surface area contributed by atoms with Gasteiger partial charge in [0.2, 0.25) is 5.89 Å². The van der Waals surface area contributed by atoms with Crippen LogP contribution in [0.15, 0.2) is 22.7 Å². The van der Waals surface area contributed by atoms with E-state index in [0.717, 1.165) is 35.7 Å². The van der Waals surface area contributed by atoms with E-state index in [1.807, 2.05) is 25.2 Å². The molecule has 6 heteroatoms. The molecule has 0 aliphatic rings. The predicted octanol–water partition coefficient (Wildman–Crippen LogP) is 2.02. The third-order valence-electron chi connectivity index (χ3n) is 3.57. The summed E-state index contributed by atoms with van der Waals surface area (Å²) in [5.41, 5.74) is 1.14. The highest BCUT2D eigenvalue weighted by atomic mass is 16.5. The number of nitrogens with one attached hydrogen (secondary N) is 1. The Hall–Kier alpha value is -2.08. The molecular formula is C16H23N3O3. The molecule has 0 radical (unpaired) electrons. The maximum atomic E-state index is 5.31. The third-order valence-corrected chi connectivity index (χ3v) is 3.57. The van der Waals surface area contributed by atoms with Gasteiger partial charge in [0.1, 0.15) is 0 Å². The lowest BCUT2D eigenvalue weighted by atomic mass is 10.1. The maximum Gasteiger partial charge on any atom is 0.226 e. The van der Waals surface area contributed by atoms with Crippen molar-refractivity contribution in [2.45, 2.75) is 32.2 Å². The van der Waals surface area contributed by atoms with Gasteiger partial charge in [-0.1, -0.05) is 11.2 Å². The van der Waals surface area contributed by atoms with E-state index in [9.17, 15) is 0 Å². The van der Waals surface area contributed by atoms with Crippen molar-refractivity contribution in [3.63, 3.8) is 0 Å². The Morgan fingerprint density at radius 1 is 1.18 bits per heavy atom. The summed E-state index contributed by atoms with van der Waals surface area (Å²) in [5.74, 6) is 2.86. The first-order valence-electron chi connectivity index (χ1n) is 7.36. The van der Waals surface area contributed by atoms with Gasteiger partial charge in [-0.25, -0.2) is 0 Å². The zero-order chi connectivity index (χ0) is 15.9. The molecule has 0 saturated heterocycles. The van der Waals surface area contributed by atoms with Crippen molar-refractivity contribution in [3.05, 3.63) is 35.5 Å². The second kappa shape index (κ2) is 7.79. The normalized spacial score (nSPS) is 12.2. The first kappa shape index (κ1) is 16.3. The van der Waals surface area contributed by atoms with E-state index < -0.39 is 0 Å². The maximum absolute atomic E-state index is 5.31. The number of benzene rings is 1. The molecule has 22 heavy (non-hydrogen) atoms. The molecule has 1 heterocycles. The molecule has 1 N–H and O–H groups in total. The van der Waals surface area contributed by atoms with Crippen molar-refractivity contribution in [1.29, 1.82) is 0 Å². The molecule has 0 aliphatic heterocycles. The van der Waals surface area contributed by atoms with Crippen LogP contribution < -0.4 is 14.8 Å². The van der Waals surface area contributed by atoms with Crippen molar-refractivity contribution in [2.24, 2.45) is 0 Å². The predicted molar refractivity (Wildman–Crippen MR) is 83.5 cm³/mol. The van der Waals surface area contributed by atoms with Crippen LogP contribution >= 0.6 is 0 Å². The van der Waals surface area contributed by atoms with E-state index in [0.29, 0.717) is 18.4 Å². The molecule has 2 aromatic rings. The summed E-state index contributed by atoms with van der Waals surface area (Å²) >= 11 is 0. The van der Waals surface area contributed by atoms with Crippen LogP contribution in [0.1, 0.15) is 24.2 Å². The summed E-state index contributed by atoms with van der Waals surface area (Å²) in [6.07, 6.45) is 2.27. The van der Waals surface area contributed by atoms with E-state index in [4.69, 9.17) is 14.0 Å². The van der Waals surface area contributed by atoms with Gasteiger partial charge < -0.3 is 19.3 Å². The van der Waals surface area contributed by atoms with E-state index in [1.54, 1.807) is 14.2 Å². The van der Waals surface area contributed by atoms with E-state index in [-0.39, 0.29) is 0 Å². The Bertz CT molecular complexity index is 598. The Kier molecular flexibility index (Phi) is 5.77. The number of methoxy groups -OCH3 is 2. The minimum Gasteiger partial charge on any atom is -0.493 e. The minimum absolute atomic E-state index is 0.330. The summed E-state index contributed by atoms with van der Waals surface area (Å²) in [5, 5.41) is 7.16. The van der Waals surface area contributed by atoms with Crippen LogP contribution in [-0.2, 0) is 19.3 Å². The topological polar surface area (TPSA) is 69.4 Å². The fourth-order valence-corrected chi connectivity index (χ4v) is 2.14. The standard InChI is InChI=1S/C16H23N3O3/c1-11(17-2)9-15-18-16(22-19-15)8-6-12-5-7-13(20-3)14(10-12)21-4/h5,7,10-11,17H,6,8-9H2,1-4H3. The van der Waals surface area contributed by atoms with Gasteiger partial charge in [0.05, 0.1) is 14.2 Å². The molecule has 1 unspecified atom stereocenters. The largest absolute Gasteiger partial charge is 0.493 e. The molecule has 0 saturated carbocycles. The van der Waals surface area contributed by atoms with Crippen LogP contribution in [0, 0.1) is 0 Å². The number of hydrogen-bond donors (Lipinski definition) is 1. The average molecular weight is 305 g/mol. The van der Waals surface area contributed by atoms with Gasteiger partial charge in [0, 0.05) is 18.9 Å². The highest BCUT2D eigenvalue weighted by Crippen LogP contribution is 2.27. The number of aryl methyl sites for hydroxylation is 2. The van der Waals surface area contributed by atoms with Crippen molar-refractivity contribution in [3.8, 4) is 11.5 Å². The zero-order valence-electron chi connectivity index (χ0n) is 13.5. The third kappa shape index (κ3) is 4.21. The van der Waals surface area contributed by atoms with Crippen LogP contribution in [0.5, 0.6) is 11.5 Å². The summed E-state index contributed by atoms with van der Waals surface area (Å²) < 4.78 is 15.8. The first-order valence-corrected chi connectivity index (χ1v) is 7.36. The number of likely N-dealkylation sites (N-methyl/N-ethyl adjacent to an activating group) is 1. The summed E-state index contributed by atoms with van der Waals surface area (Å²) in [6.45, 7) is 2.08. The monoisotopic (exact) mass is 305 g/mol. The van der Waals surface area contributed by atoms with Gasteiger partial charge in [0.15, 0.2) is 17.3 Å². The lowest BCUT2D eigenvalue weighted by molar-refractivity contribution is 0.354. The van der Waals surface area contributed by atoms with Crippen molar-refractivity contribution < 1.29 is 14.0 Å². The number of ether oxygens (including phenoxy) is 2. The van der Waals surface area contributed by atoms with Crippen LogP contribution in [0.3, 0.4) is 0 Å².